The quantitative estimate of drug-likeness (QED) is 0.339. The fourth-order valence-corrected chi connectivity index (χ4v) is 3.61. The Morgan fingerprint density at radius 2 is 2.04 bits per heavy atom. The Morgan fingerprint density at radius 3 is 2.74 bits per heavy atom. The van der Waals surface area contributed by atoms with Crippen molar-refractivity contribution in [1.82, 2.24) is 10.6 Å². The molecule has 2 aromatic rings. The molecule has 0 spiro atoms. The SMILES string of the molecule is CN=C(NCc1cc(Br)ccc1OC)NC1CCN(c2ccccc2)C1.I. The highest BCUT2D eigenvalue weighted by Crippen LogP contribution is 2.23. The van der Waals surface area contributed by atoms with Crippen LogP contribution in [0.15, 0.2) is 58.0 Å². The van der Waals surface area contributed by atoms with Crippen LogP contribution in [0.1, 0.15) is 12.0 Å². The molecule has 2 N–H and O–H groups in total. The number of benzene rings is 2. The lowest BCUT2D eigenvalue weighted by Gasteiger charge is -2.20. The third-order valence-corrected chi connectivity index (χ3v) is 5.06. The van der Waals surface area contributed by atoms with Gasteiger partial charge in [0.25, 0.3) is 0 Å². The molecule has 0 radical (unpaired) electrons. The second kappa shape index (κ2) is 10.8. The molecule has 5 nitrogen and oxygen atoms in total. The average molecular weight is 545 g/mol. The topological polar surface area (TPSA) is 48.9 Å². The van der Waals surface area contributed by atoms with Gasteiger partial charge in [-0.15, -0.1) is 24.0 Å². The lowest BCUT2D eigenvalue weighted by Crippen LogP contribution is -2.44. The first-order valence-electron chi connectivity index (χ1n) is 8.79. The molecule has 1 fully saturated rings. The zero-order valence-corrected chi connectivity index (χ0v) is 19.5. The van der Waals surface area contributed by atoms with Gasteiger partial charge in [0.2, 0.25) is 0 Å². The smallest absolute Gasteiger partial charge is 0.191 e. The predicted octanol–water partition coefficient (Wildman–Crippen LogP) is 4.02. The van der Waals surface area contributed by atoms with Crippen molar-refractivity contribution in [2.24, 2.45) is 4.99 Å². The van der Waals surface area contributed by atoms with E-state index in [9.17, 15) is 0 Å². The number of hydrogen-bond acceptors (Lipinski definition) is 3. The summed E-state index contributed by atoms with van der Waals surface area (Å²) in [5.41, 5.74) is 2.36. The van der Waals surface area contributed by atoms with E-state index in [0.717, 1.165) is 41.3 Å². The maximum Gasteiger partial charge on any atom is 0.191 e. The van der Waals surface area contributed by atoms with E-state index < -0.39 is 0 Å². The number of anilines is 1. The summed E-state index contributed by atoms with van der Waals surface area (Å²) >= 11 is 3.51. The van der Waals surface area contributed by atoms with Crippen molar-refractivity contribution in [2.75, 3.05) is 32.1 Å². The first-order valence-corrected chi connectivity index (χ1v) is 9.58. The van der Waals surface area contributed by atoms with Crippen LogP contribution in [0.5, 0.6) is 5.75 Å². The van der Waals surface area contributed by atoms with Crippen LogP contribution in [0.4, 0.5) is 5.69 Å². The number of guanidine groups is 1. The Labute approximate surface area is 186 Å². The van der Waals surface area contributed by atoms with Crippen LogP contribution in [-0.4, -0.2) is 39.2 Å². The summed E-state index contributed by atoms with van der Waals surface area (Å²) in [5.74, 6) is 1.68. The van der Waals surface area contributed by atoms with Crippen molar-refractivity contribution in [1.29, 1.82) is 0 Å². The normalized spacial score (nSPS) is 16.6. The highest BCUT2D eigenvalue weighted by Gasteiger charge is 2.23. The molecule has 0 aliphatic carbocycles. The van der Waals surface area contributed by atoms with Gasteiger partial charge in [-0.05, 0) is 36.8 Å². The number of nitrogens with zero attached hydrogens (tertiary/aromatic N) is 2. The Bertz CT molecular complexity index is 757. The molecular formula is C20H26BrIN4O. The van der Waals surface area contributed by atoms with E-state index in [1.54, 1.807) is 14.2 Å². The molecule has 1 unspecified atom stereocenters. The number of rotatable bonds is 5. The summed E-state index contributed by atoms with van der Waals surface area (Å²) in [6, 6.07) is 16.9. The number of methoxy groups -OCH3 is 1. The number of hydrogen-bond donors (Lipinski definition) is 2. The van der Waals surface area contributed by atoms with Gasteiger partial charge in [-0.25, -0.2) is 0 Å². The van der Waals surface area contributed by atoms with Gasteiger partial charge < -0.3 is 20.3 Å². The molecule has 1 saturated heterocycles. The van der Waals surface area contributed by atoms with Crippen LogP contribution < -0.4 is 20.3 Å². The standard InChI is InChI=1S/C20H25BrN4O.HI/c1-22-20(23-13-15-12-16(21)8-9-19(15)26-2)24-17-10-11-25(14-17)18-6-4-3-5-7-18;/h3-9,12,17H,10-11,13-14H2,1-2H3,(H2,22,23,24);1H. The van der Waals surface area contributed by atoms with Crippen molar-refractivity contribution in [3.8, 4) is 5.75 Å². The highest BCUT2D eigenvalue weighted by molar-refractivity contribution is 14.0. The largest absolute Gasteiger partial charge is 0.496 e. The Kier molecular flexibility index (Phi) is 8.69. The summed E-state index contributed by atoms with van der Waals surface area (Å²) in [6.45, 7) is 2.68. The van der Waals surface area contributed by atoms with Gasteiger partial charge in [0.15, 0.2) is 5.96 Å². The first-order chi connectivity index (χ1) is 12.7. The van der Waals surface area contributed by atoms with Crippen LogP contribution >= 0.6 is 39.9 Å². The Hall–Kier alpha value is -1.48. The van der Waals surface area contributed by atoms with E-state index in [4.69, 9.17) is 4.74 Å². The summed E-state index contributed by atoms with van der Waals surface area (Å²) in [4.78, 5) is 6.77. The number of nitrogens with one attached hydrogen (secondary N) is 2. The van der Waals surface area contributed by atoms with Crippen LogP contribution in [0, 0.1) is 0 Å². The molecule has 27 heavy (non-hydrogen) atoms. The molecule has 0 aromatic heterocycles. The molecule has 0 bridgehead atoms. The summed E-state index contributed by atoms with van der Waals surface area (Å²) in [5, 5.41) is 6.92. The minimum Gasteiger partial charge on any atom is -0.496 e. The molecule has 1 aliphatic rings. The van der Waals surface area contributed by atoms with Crippen LogP contribution in [0.2, 0.25) is 0 Å². The third kappa shape index (κ3) is 6.00. The van der Waals surface area contributed by atoms with Crippen molar-refractivity contribution >= 4 is 51.6 Å². The van der Waals surface area contributed by atoms with E-state index in [2.05, 4.69) is 72.9 Å². The zero-order chi connectivity index (χ0) is 18.4. The molecule has 0 amide bonds. The molecule has 1 atom stereocenters. The van der Waals surface area contributed by atoms with Gasteiger partial charge in [0.1, 0.15) is 5.75 Å². The van der Waals surface area contributed by atoms with Gasteiger partial charge in [-0.3, -0.25) is 4.99 Å². The second-order valence-electron chi connectivity index (χ2n) is 6.29. The molecular weight excluding hydrogens is 519 g/mol. The van der Waals surface area contributed by atoms with E-state index in [0.29, 0.717) is 12.6 Å². The van der Waals surface area contributed by atoms with Crippen molar-refractivity contribution in [3.05, 3.63) is 58.6 Å². The molecule has 7 heteroatoms. The number of para-hydroxylation sites is 1. The fraction of sp³-hybridized carbons (Fsp3) is 0.350. The van der Waals surface area contributed by atoms with Gasteiger partial charge in [-0.1, -0.05) is 34.1 Å². The second-order valence-corrected chi connectivity index (χ2v) is 7.21. The Morgan fingerprint density at radius 1 is 1.26 bits per heavy atom. The monoisotopic (exact) mass is 544 g/mol. The van der Waals surface area contributed by atoms with E-state index in [-0.39, 0.29) is 24.0 Å². The van der Waals surface area contributed by atoms with Gasteiger partial charge in [0, 0.05) is 48.4 Å². The Balaban J connectivity index is 0.00000261. The van der Waals surface area contributed by atoms with Crippen LogP contribution in [0.3, 0.4) is 0 Å². The third-order valence-electron chi connectivity index (χ3n) is 4.56. The van der Waals surface area contributed by atoms with E-state index >= 15 is 0 Å². The van der Waals surface area contributed by atoms with E-state index in [1.807, 2.05) is 12.1 Å². The van der Waals surface area contributed by atoms with Gasteiger partial charge in [0.05, 0.1) is 7.11 Å². The van der Waals surface area contributed by atoms with E-state index in [1.165, 1.54) is 5.69 Å². The zero-order valence-electron chi connectivity index (χ0n) is 15.6. The minimum atomic E-state index is 0. The summed E-state index contributed by atoms with van der Waals surface area (Å²) in [6.07, 6.45) is 1.09. The van der Waals surface area contributed by atoms with Gasteiger partial charge in [-0.2, -0.15) is 0 Å². The van der Waals surface area contributed by atoms with Crippen molar-refractivity contribution in [3.63, 3.8) is 0 Å². The lowest BCUT2D eigenvalue weighted by molar-refractivity contribution is 0.409. The van der Waals surface area contributed by atoms with Crippen molar-refractivity contribution < 1.29 is 4.74 Å². The molecule has 1 aliphatic heterocycles. The summed E-state index contributed by atoms with van der Waals surface area (Å²) < 4.78 is 6.47. The minimum absolute atomic E-state index is 0. The van der Waals surface area contributed by atoms with Crippen molar-refractivity contribution in [2.45, 2.75) is 19.0 Å². The number of ether oxygens (including phenoxy) is 1. The highest BCUT2D eigenvalue weighted by atomic mass is 127. The molecule has 3 rings (SSSR count). The summed E-state index contributed by atoms with van der Waals surface area (Å²) in [7, 11) is 3.49. The maximum absolute atomic E-state index is 5.43. The number of aliphatic imine (C=N–C) groups is 1. The molecule has 2 aromatic carbocycles. The van der Waals surface area contributed by atoms with Crippen LogP contribution in [0.25, 0.3) is 0 Å². The first kappa shape index (κ1) is 21.8. The number of halogens is 2. The maximum atomic E-state index is 5.43. The fourth-order valence-electron chi connectivity index (χ4n) is 3.20. The molecule has 146 valence electrons. The van der Waals surface area contributed by atoms with Gasteiger partial charge >= 0.3 is 0 Å². The molecule has 0 saturated carbocycles. The predicted molar refractivity (Wildman–Crippen MR) is 127 cm³/mol. The molecule has 1 heterocycles. The van der Waals surface area contributed by atoms with Crippen LogP contribution in [-0.2, 0) is 6.54 Å². The lowest BCUT2D eigenvalue weighted by atomic mass is 10.2. The average Bonchev–Trinajstić information content (AvgIpc) is 3.14.